The monoisotopic (exact) mass is 386 g/mol. The summed E-state index contributed by atoms with van der Waals surface area (Å²) in [6.45, 7) is 2.81. The van der Waals surface area contributed by atoms with Crippen LogP contribution in [0.2, 0.25) is 0 Å². The van der Waals surface area contributed by atoms with E-state index in [0.29, 0.717) is 26.2 Å². The van der Waals surface area contributed by atoms with Crippen molar-refractivity contribution in [1.29, 1.82) is 0 Å². The molecule has 1 aliphatic rings. The Morgan fingerprint density at radius 3 is 2.37 bits per heavy atom. The Morgan fingerprint density at radius 1 is 1.00 bits per heavy atom. The van der Waals surface area contributed by atoms with Gasteiger partial charge in [0.05, 0.1) is 10.5 Å². The number of benzene rings is 2. The molecule has 6 nitrogen and oxygen atoms in total. The van der Waals surface area contributed by atoms with Crippen LogP contribution in [-0.4, -0.2) is 61.4 Å². The van der Waals surface area contributed by atoms with Gasteiger partial charge in [-0.25, -0.2) is 13.2 Å². The van der Waals surface area contributed by atoms with Gasteiger partial charge in [0.1, 0.15) is 0 Å². The second-order valence-electron chi connectivity index (χ2n) is 6.35. The number of sulfonamides is 1. The Morgan fingerprint density at radius 2 is 1.70 bits per heavy atom. The number of piperazine rings is 1. The molecule has 7 heteroatoms. The predicted octanol–water partition coefficient (Wildman–Crippen LogP) is 2.40. The highest BCUT2D eigenvalue weighted by atomic mass is 32.2. The van der Waals surface area contributed by atoms with Crippen LogP contribution in [0.1, 0.15) is 15.9 Å². The van der Waals surface area contributed by atoms with Crippen LogP contribution >= 0.6 is 0 Å². The van der Waals surface area contributed by atoms with Gasteiger partial charge in [0.15, 0.2) is 0 Å². The van der Waals surface area contributed by atoms with Crippen molar-refractivity contribution in [3.63, 3.8) is 0 Å². The van der Waals surface area contributed by atoms with Gasteiger partial charge < -0.3 is 5.11 Å². The largest absolute Gasteiger partial charge is 0.478 e. The topological polar surface area (TPSA) is 77.9 Å². The summed E-state index contributed by atoms with van der Waals surface area (Å²) >= 11 is 0. The molecule has 0 unspecified atom stereocenters. The van der Waals surface area contributed by atoms with Crippen LogP contribution in [0.5, 0.6) is 0 Å². The molecule has 2 aromatic rings. The molecule has 1 N–H and O–H groups in total. The molecule has 1 saturated heterocycles. The third-order valence-corrected chi connectivity index (χ3v) is 6.42. The van der Waals surface area contributed by atoms with E-state index in [1.165, 1.54) is 28.6 Å². The molecule has 0 aliphatic carbocycles. The molecule has 0 radical (unpaired) electrons. The molecule has 1 aliphatic heterocycles. The van der Waals surface area contributed by atoms with Crippen molar-refractivity contribution >= 4 is 22.1 Å². The van der Waals surface area contributed by atoms with Crippen LogP contribution in [0, 0.1) is 0 Å². The van der Waals surface area contributed by atoms with E-state index in [1.54, 1.807) is 0 Å². The average molecular weight is 386 g/mol. The Bertz CT molecular complexity index is 918. The summed E-state index contributed by atoms with van der Waals surface area (Å²) in [6, 6.07) is 15.5. The van der Waals surface area contributed by atoms with Gasteiger partial charge in [-0.2, -0.15) is 4.31 Å². The normalized spacial score (nSPS) is 16.6. The summed E-state index contributed by atoms with van der Waals surface area (Å²) in [6.07, 6.45) is 4.14. The van der Waals surface area contributed by atoms with Crippen molar-refractivity contribution in [2.75, 3.05) is 32.7 Å². The third-order valence-electron chi connectivity index (χ3n) is 4.52. The second kappa shape index (κ2) is 8.47. The fraction of sp³-hybridized carbons (Fsp3) is 0.250. The first-order chi connectivity index (χ1) is 13.0. The van der Waals surface area contributed by atoms with Crippen molar-refractivity contribution in [2.45, 2.75) is 4.90 Å². The number of carboxylic acids is 1. The zero-order chi connectivity index (χ0) is 19.3. The fourth-order valence-corrected chi connectivity index (χ4v) is 4.46. The molecule has 0 spiro atoms. The van der Waals surface area contributed by atoms with Crippen molar-refractivity contribution in [3.05, 3.63) is 71.8 Å². The summed E-state index contributed by atoms with van der Waals surface area (Å²) in [5.74, 6) is -1.14. The number of carbonyl (C=O) groups is 1. The van der Waals surface area contributed by atoms with Crippen molar-refractivity contribution in [1.82, 2.24) is 9.21 Å². The molecule has 0 aromatic heterocycles. The van der Waals surface area contributed by atoms with Crippen molar-refractivity contribution in [3.8, 4) is 0 Å². The second-order valence-corrected chi connectivity index (χ2v) is 8.29. The number of hydrogen-bond donors (Lipinski definition) is 1. The van der Waals surface area contributed by atoms with E-state index in [9.17, 15) is 13.2 Å². The van der Waals surface area contributed by atoms with Gasteiger partial charge in [-0.05, 0) is 23.8 Å². The summed E-state index contributed by atoms with van der Waals surface area (Å²) in [5.41, 5.74) is 1.11. The van der Waals surface area contributed by atoms with Crippen LogP contribution in [-0.2, 0) is 10.0 Å². The minimum absolute atomic E-state index is 0.0271. The summed E-state index contributed by atoms with van der Waals surface area (Å²) < 4.78 is 27.0. The van der Waals surface area contributed by atoms with Crippen molar-refractivity contribution in [2.24, 2.45) is 0 Å². The average Bonchev–Trinajstić information content (AvgIpc) is 2.69. The summed E-state index contributed by atoms with van der Waals surface area (Å²) in [7, 11) is -3.68. The molecular formula is C20H22N2O4S. The molecule has 1 heterocycles. The number of hydrogen-bond acceptors (Lipinski definition) is 4. The molecule has 0 bridgehead atoms. The standard InChI is InChI=1S/C20H22N2O4S/c23-20(24)18-9-4-10-19(16-18)27(25,26)22-14-12-21(13-15-22)11-5-8-17-6-2-1-3-7-17/h1-10,16H,11-15H2,(H,23,24)/b8-5+. The van der Waals surface area contributed by atoms with E-state index in [0.717, 1.165) is 12.1 Å². The Balaban J connectivity index is 1.59. The Kier molecular flexibility index (Phi) is 6.05. The maximum absolute atomic E-state index is 12.8. The highest BCUT2D eigenvalue weighted by molar-refractivity contribution is 7.89. The molecule has 2 aromatic carbocycles. The molecule has 27 heavy (non-hydrogen) atoms. The van der Waals surface area contributed by atoms with E-state index >= 15 is 0 Å². The number of aromatic carboxylic acids is 1. The fourth-order valence-electron chi connectivity index (χ4n) is 2.99. The van der Waals surface area contributed by atoms with Crippen LogP contribution in [0.4, 0.5) is 0 Å². The number of carboxylic acid groups (broad SMARTS) is 1. The SMILES string of the molecule is O=C(O)c1cccc(S(=O)(=O)N2CCN(C/C=C/c3ccccc3)CC2)c1. The van der Waals surface area contributed by atoms with Gasteiger partial charge in [-0.3, -0.25) is 4.90 Å². The molecule has 142 valence electrons. The lowest BCUT2D eigenvalue weighted by Crippen LogP contribution is -2.48. The van der Waals surface area contributed by atoms with E-state index in [1.807, 2.05) is 30.3 Å². The molecule has 0 atom stereocenters. The molecule has 0 amide bonds. The summed E-state index contributed by atoms with van der Waals surface area (Å²) in [5, 5.41) is 9.06. The van der Waals surface area contributed by atoms with Crippen LogP contribution < -0.4 is 0 Å². The molecule has 0 saturated carbocycles. The minimum atomic E-state index is -3.68. The van der Waals surface area contributed by atoms with Gasteiger partial charge in [0, 0.05) is 32.7 Å². The van der Waals surface area contributed by atoms with E-state index in [-0.39, 0.29) is 10.5 Å². The quantitative estimate of drug-likeness (QED) is 0.825. The zero-order valence-electron chi connectivity index (χ0n) is 14.9. The third kappa shape index (κ3) is 4.82. The molecular weight excluding hydrogens is 364 g/mol. The van der Waals surface area contributed by atoms with Crippen LogP contribution in [0.25, 0.3) is 6.08 Å². The zero-order valence-corrected chi connectivity index (χ0v) is 15.7. The predicted molar refractivity (Wildman–Crippen MR) is 104 cm³/mol. The highest BCUT2D eigenvalue weighted by Crippen LogP contribution is 2.19. The first-order valence-electron chi connectivity index (χ1n) is 8.74. The minimum Gasteiger partial charge on any atom is -0.478 e. The van der Waals surface area contributed by atoms with Crippen LogP contribution in [0.3, 0.4) is 0 Å². The maximum atomic E-state index is 12.8. The number of rotatable bonds is 6. The first kappa shape index (κ1) is 19.3. The first-order valence-corrected chi connectivity index (χ1v) is 10.2. The van der Waals surface area contributed by atoms with E-state index in [2.05, 4.69) is 17.1 Å². The maximum Gasteiger partial charge on any atom is 0.335 e. The highest BCUT2D eigenvalue weighted by Gasteiger charge is 2.28. The number of nitrogens with zero attached hydrogens (tertiary/aromatic N) is 2. The van der Waals surface area contributed by atoms with Gasteiger partial charge >= 0.3 is 5.97 Å². The lowest BCUT2D eigenvalue weighted by Gasteiger charge is -2.33. The van der Waals surface area contributed by atoms with Crippen LogP contribution in [0.15, 0.2) is 65.6 Å². The summed E-state index contributed by atoms with van der Waals surface area (Å²) in [4.78, 5) is 13.3. The van der Waals surface area contributed by atoms with Gasteiger partial charge in [0.25, 0.3) is 0 Å². The van der Waals surface area contributed by atoms with E-state index in [4.69, 9.17) is 5.11 Å². The van der Waals surface area contributed by atoms with Crippen molar-refractivity contribution < 1.29 is 18.3 Å². The Hall–Kier alpha value is -2.48. The lowest BCUT2D eigenvalue weighted by atomic mass is 10.2. The lowest BCUT2D eigenvalue weighted by molar-refractivity contribution is 0.0696. The van der Waals surface area contributed by atoms with Gasteiger partial charge in [-0.15, -0.1) is 0 Å². The van der Waals surface area contributed by atoms with Gasteiger partial charge in [0.2, 0.25) is 10.0 Å². The Labute approximate surface area is 159 Å². The molecule has 1 fully saturated rings. The molecule has 3 rings (SSSR count). The van der Waals surface area contributed by atoms with E-state index < -0.39 is 16.0 Å². The smallest absolute Gasteiger partial charge is 0.335 e. The van der Waals surface area contributed by atoms with Gasteiger partial charge in [-0.1, -0.05) is 48.6 Å².